The Balaban J connectivity index is 2.56. The SMILES string of the molecule is CCCOc1ccc(C(C)NC(C)C(CC)CC)cc1. The molecule has 1 N–H and O–H groups in total. The van der Waals surface area contributed by atoms with E-state index >= 15 is 0 Å². The van der Waals surface area contributed by atoms with Gasteiger partial charge in [-0.3, -0.25) is 0 Å². The molecule has 1 aromatic carbocycles. The average Bonchev–Trinajstić information content (AvgIpc) is 2.46. The van der Waals surface area contributed by atoms with Crippen LogP contribution in [0.3, 0.4) is 0 Å². The summed E-state index contributed by atoms with van der Waals surface area (Å²) in [7, 11) is 0. The fourth-order valence-corrected chi connectivity index (χ4v) is 2.70. The van der Waals surface area contributed by atoms with Gasteiger partial charge in [-0.15, -0.1) is 0 Å². The zero-order valence-electron chi connectivity index (χ0n) is 13.8. The molecule has 0 spiro atoms. The van der Waals surface area contributed by atoms with Crippen molar-refractivity contribution in [2.75, 3.05) is 6.61 Å². The molecule has 0 aromatic heterocycles. The minimum Gasteiger partial charge on any atom is -0.494 e. The molecule has 2 unspecified atom stereocenters. The largest absolute Gasteiger partial charge is 0.494 e. The molecule has 114 valence electrons. The molecule has 2 heteroatoms. The summed E-state index contributed by atoms with van der Waals surface area (Å²) in [5.41, 5.74) is 1.33. The van der Waals surface area contributed by atoms with Crippen LogP contribution in [0.25, 0.3) is 0 Å². The van der Waals surface area contributed by atoms with Crippen LogP contribution in [-0.4, -0.2) is 12.6 Å². The number of hydrogen-bond acceptors (Lipinski definition) is 2. The van der Waals surface area contributed by atoms with Gasteiger partial charge >= 0.3 is 0 Å². The first-order valence-electron chi connectivity index (χ1n) is 8.11. The third-order valence-electron chi connectivity index (χ3n) is 4.12. The Labute approximate surface area is 124 Å². The predicted molar refractivity (Wildman–Crippen MR) is 87.3 cm³/mol. The van der Waals surface area contributed by atoms with Crippen molar-refractivity contribution in [3.8, 4) is 5.75 Å². The summed E-state index contributed by atoms with van der Waals surface area (Å²) in [5, 5.41) is 3.72. The molecular formula is C18H31NO. The molecule has 1 aromatic rings. The lowest BCUT2D eigenvalue weighted by Crippen LogP contribution is -2.34. The lowest BCUT2D eigenvalue weighted by molar-refractivity contribution is 0.316. The van der Waals surface area contributed by atoms with Gasteiger partial charge in [-0.1, -0.05) is 45.7 Å². The Hall–Kier alpha value is -1.02. The normalized spacial score (nSPS) is 14.3. The molecule has 0 fully saturated rings. The summed E-state index contributed by atoms with van der Waals surface area (Å²) in [6.45, 7) is 12.0. The van der Waals surface area contributed by atoms with E-state index in [1.807, 2.05) is 0 Å². The summed E-state index contributed by atoms with van der Waals surface area (Å²) >= 11 is 0. The smallest absolute Gasteiger partial charge is 0.119 e. The molecule has 0 heterocycles. The van der Waals surface area contributed by atoms with E-state index in [0.29, 0.717) is 12.1 Å². The molecule has 0 aliphatic rings. The zero-order valence-corrected chi connectivity index (χ0v) is 13.8. The van der Waals surface area contributed by atoms with E-state index < -0.39 is 0 Å². The number of hydrogen-bond donors (Lipinski definition) is 1. The van der Waals surface area contributed by atoms with Crippen LogP contribution >= 0.6 is 0 Å². The summed E-state index contributed by atoms with van der Waals surface area (Å²) in [4.78, 5) is 0. The third kappa shape index (κ3) is 5.16. The minimum absolute atomic E-state index is 0.380. The fourth-order valence-electron chi connectivity index (χ4n) is 2.70. The van der Waals surface area contributed by atoms with Gasteiger partial charge in [-0.25, -0.2) is 0 Å². The van der Waals surface area contributed by atoms with Gasteiger partial charge in [0.25, 0.3) is 0 Å². The Morgan fingerprint density at radius 3 is 2.10 bits per heavy atom. The molecule has 0 bridgehead atoms. The maximum Gasteiger partial charge on any atom is 0.119 e. The van der Waals surface area contributed by atoms with Crippen molar-refractivity contribution in [3.05, 3.63) is 29.8 Å². The molecule has 0 radical (unpaired) electrons. The molecule has 0 aliphatic carbocycles. The van der Waals surface area contributed by atoms with Gasteiger partial charge < -0.3 is 10.1 Å². The lowest BCUT2D eigenvalue weighted by Gasteiger charge is -2.26. The van der Waals surface area contributed by atoms with Crippen LogP contribution in [0, 0.1) is 5.92 Å². The van der Waals surface area contributed by atoms with E-state index in [2.05, 4.69) is 64.2 Å². The van der Waals surface area contributed by atoms with Crippen LogP contribution in [0.1, 0.15) is 65.5 Å². The summed E-state index contributed by atoms with van der Waals surface area (Å²) in [6, 6.07) is 9.42. The number of rotatable bonds is 9. The number of benzene rings is 1. The molecule has 0 amide bonds. The fraction of sp³-hybridized carbons (Fsp3) is 0.667. The van der Waals surface area contributed by atoms with Gasteiger partial charge in [0, 0.05) is 12.1 Å². The van der Waals surface area contributed by atoms with Crippen LogP contribution in [0.5, 0.6) is 5.75 Å². The van der Waals surface area contributed by atoms with Gasteiger partial charge in [-0.2, -0.15) is 0 Å². The monoisotopic (exact) mass is 277 g/mol. The predicted octanol–water partition coefficient (Wildman–Crippen LogP) is 4.95. The number of nitrogens with one attached hydrogen (secondary N) is 1. The maximum absolute atomic E-state index is 5.62. The van der Waals surface area contributed by atoms with Gasteiger partial charge in [0.1, 0.15) is 5.75 Å². The Morgan fingerprint density at radius 2 is 1.60 bits per heavy atom. The first-order chi connectivity index (χ1) is 9.62. The van der Waals surface area contributed by atoms with Gasteiger partial charge in [0.05, 0.1) is 6.61 Å². The molecule has 1 rings (SSSR count). The van der Waals surface area contributed by atoms with Crippen molar-refractivity contribution in [2.24, 2.45) is 5.92 Å². The first-order valence-corrected chi connectivity index (χ1v) is 8.11. The van der Waals surface area contributed by atoms with Crippen LogP contribution in [0.2, 0.25) is 0 Å². The molecule has 20 heavy (non-hydrogen) atoms. The van der Waals surface area contributed by atoms with E-state index in [9.17, 15) is 0 Å². The first kappa shape index (κ1) is 17.0. The van der Waals surface area contributed by atoms with Gasteiger partial charge in [-0.05, 0) is 43.9 Å². The van der Waals surface area contributed by atoms with Crippen molar-refractivity contribution in [1.82, 2.24) is 5.32 Å². The van der Waals surface area contributed by atoms with E-state index in [0.717, 1.165) is 24.7 Å². The molecule has 2 atom stereocenters. The van der Waals surface area contributed by atoms with Crippen LogP contribution in [0.15, 0.2) is 24.3 Å². The Bertz CT molecular complexity index is 356. The van der Waals surface area contributed by atoms with E-state index in [-0.39, 0.29) is 0 Å². The van der Waals surface area contributed by atoms with Crippen molar-refractivity contribution >= 4 is 0 Å². The van der Waals surface area contributed by atoms with Crippen molar-refractivity contribution in [1.29, 1.82) is 0 Å². The van der Waals surface area contributed by atoms with E-state index in [4.69, 9.17) is 4.74 Å². The van der Waals surface area contributed by atoms with E-state index in [1.165, 1.54) is 18.4 Å². The minimum atomic E-state index is 0.380. The van der Waals surface area contributed by atoms with Crippen LogP contribution in [-0.2, 0) is 0 Å². The molecule has 0 aliphatic heterocycles. The molecule has 0 saturated carbocycles. The highest BCUT2D eigenvalue weighted by Gasteiger charge is 2.16. The average molecular weight is 277 g/mol. The summed E-state index contributed by atoms with van der Waals surface area (Å²) in [6.07, 6.45) is 3.52. The van der Waals surface area contributed by atoms with Crippen LogP contribution in [0.4, 0.5) is 0 Å². The van der Waals surface area contributed by atoms with Crippen molar-refractivity contribution in [2.45, 2.75) is 66.0 Å². The zero-order chi connectivity index (χ0) is 15.0. The van der Waals surface area contributed by atoms with Gasteiger partial charge in [0.15, 0.2) is 0 Å². The second-order valence-corrected chi connectivity index (χ2v) is 5.67. The standard InChI is InChI=1S/C18H31NO/c1-6-13-20-18-11-9-17(10-12-18)15(5)19-14(4)16(7-2)8-3/h9-12,14-16,19H,6-8,13H2,1-5H3. The quantitative estimate of drug-likeness (QED) is 0.689. The second-order valence-electron chi connectivity index (χ2n) is 5.67. The van der Waals surface area contributed by atoms with Gasteiger partial charge in [0.2, 0.25) is 0 Å². The summed E-state index contributed by atoms with van der Waals surface area (Å²) < 4.78 is 5.62. The Kier molecular flexibility index (Phi) is 7.68. The highest BCUT2D eigenvalue weighted by molar-refractivity contribution is 5.29. The van der Waals surface area contributed by atoms with Crippen molar-refractivity contribution in [3.63, 3.8) is 0 Å². The third-order valence-corrected chi connectivity index (χ3v) is 4.12. The summed E-state index contributed by atoms with van der Waals surface area (Å²) in [5.74, 6) is 1.72. The Morgan fingerprint density at radius 1 is 1.00 bits per heavy atom. The van der Waals surface area contributed by atoms with Crippen molar-refractivity contribution < 1.29 is 4.74 Å². The lowest BCUT2D eigenvalue weighted by atomic mass is 9.94. The highest BCUT2D eigenvalue weighted by atomic mass is 16.5. The molecular weight excluding hydrogens is 246 g/mol. The molecule has 0 saturated heterocycles. The maximum atomic E-state index is 5.62. The highest BCUT2D eigenvalue weighted by Crippen LogP contribution is 2.21. The topological polar surface area (TPSA) is 21.3 Å². The van der Waals surface area contributed by atoms with Crippen LogP contribution < -0.4 is 10.1 Å². The second kappa shape index (κ2) is 9.02. The van der Waals surface area contributed by atoms with E-state index in [1.54, 1.807) is 0 Å². The molecule has 2 nitrogen and oxygen atoms in total. The number of ether oxygens (including phenoxy) is 1.